The van der Waals surface area contributed by atoms with E-state index in [0.717, 1.165) is 57.8 Å². The van der Waals surface area contributed by atoms with Gasteiger partial charge in [0.15, 0.2) is 6.10 Å². The van der Waals surface area contributed by atoms with Crippen molar-refractivity contribution >= 4 is 17.9 Å². The van der Waals surface area contributed by atoms with Crippen LogP contribution < -0.4 is 0 Å². The highest BCUT2D eigenvalue weighted by molar-refractivity contribution is 5.71. The summed E-state index contributed by atoms with van der Waals surface area (Å²) >= 11 is 0. The number of rotatable bonds is 46. The van der Waals surface area contributed by atoms with Gasteiger partial charge in [-0.15, -0.1) is 0 Å². The van der Waals surface area contributed by atoms with Crippen molar-refractivity contribution < 1.29 is 28.6 Å². The summed E-state index contributed by atoms with van der Waals surface area (Å²) in [5.41, 5.74) is 0. The van der Waals surface area contributed by atoms with Crippen LogP contribution >= 0.6 is 0 Å². The summed E-state index contributed by atoms with van der Waals surface area (Å²) in [6, 6.07) is 0. The third-order valence-electron chi connectivity index (χ3n) is 11.1. The highest BCUT2D eigenvalue weighted by Crippen LogP contribution is 2.15. The predicted molar refractivity (Wildman–Crippen MR) is 256 cm³/mol. The lowest BCUT2D eigenvalue weighted by Gasteiger charge is -2.18. The Kier molecular flexibility index (Phi) is 46.9. The average Bonchev–Trinajstić information content (AvgIpc) is 3.24. The maximum Gasteiger partial charge on any atom is 0.306 e. The Morgan fingerprint density at radius 3 is 1.15 bits per heavy atom. The Balaban J connectivity index is 4.44. The van der Waals surface area contributed by atoms with Gasteiger partial charge in [0, 0.05) is 19.3 Å². The van der Waals surface area contributed by atoms with Crippen LogP contribution in [0, 0.1) is 0 Å². The Bertz CT molecular complexity index is 1060. The normalized spacial score (nSPS) is 12.4. The summed E-state index contributed by atoms with van der Waals surface area (Å²) in [7, 11) is 0. The third kappa shape index (κ3) is 46.4. The van der Waals surface area contributed by atoms with Gasteiger partial charge in [0.2, 0.25) is 0 Å². The fourth-order valence-electron chi connectivity index (χ4n) is 7.19. The van der Waals surface area contributed by atoms with Crippen LogP contribution in [0.15, 0.2) is 48.6 Å². The lowest BCUT2D eigenvalue weighted by molar-refractivity contribution is -0.166. The Morgan fingerprint density at radius 1 is 0.350 bits per heavy atom. The fourth-order valence-corrected chi connectivity index (χ4v) is 7.19. The van der Waals surface area contributed by atoms with Gasteiger partial charge in [-0.25, -0.2) is 0 Å². The minimum absolute atomic E-state index is 0.0942. The second kappa shape index (κ2) is 49.0. The summed E-state index contributed by atoms with van der Waals surface area (Å²) in [5.74, 6) is -0.968. The molecule has 0 saturated carbocycles. The highest BCUT2D eigenvalue weighted by Gasteiger charge is 2.19. The van der Waals surface area contributed by atoms with Crippen molar-refractivity contribution in [1.82, 2.24) is 0 Å². The number of allylic oxidation sites excluding steroid dienone is 8. The van der Waals surface area contributed by atoms with E-state index in [2.05, 4.69) is 63.3 Å². The SMILES string of the molecule is CCCCC/C=C/C=C/CCCCCCCCC(=O)OCC(COC(=O)CC/C=C/C/C=C/CCCCCCCC)OC(=O)CCCCCCCCCCCCCCCC. The van der Waals surface area contributed by atoms with Crippen LogP contribution in [0.2, 0.25) is 0 Å². The molecule has 0 aliphatic carbocycles. The standard InChI is InChI=1S/C54H96O6/c1-4-7-10-13-16-19-22-25-27-30-32-35-38-41-44-47-53(56)59-50-51(49-58-52(55)46-43-40-37-34-31-28-24-21-18-15-12-9-6-3)60-54(57)48-45-42-39-36-33-29-26-23-20-17-14-11-8-5-2/h16,19,22,25,28,31,37,40,51H,4-15,17-18,20-21,23-24,26-27,29-30,32-36,38-39,41-50H2,1-3H3/b19-16+,25-22+,31-28+,40-37+. The van der Waals surface area contributed by atoms with Crippen LogP contribution in [0.5, 0.6) is 0 Å². The van der Waals surface area contributed by atoms with E-state index in [9.17, 15) is 14.4 Å². The van der Waals surface area contributed by atoms with E-state index in [4.69, 9.17) is 14.2 Å². The van der Waals surface area contributed by atoms with Gasteiger partial charge in [-0.3, -0.25) is 14.4 Å². The van der Waals surface area contributed by atoms with Crippen LogP contribution in [0.1, 0.15) is 258 Å². The predicted octanol–water partition coefficient (Wildman–Crippen LogP) is 16.7. The number of carbonyl (C=O) groups excluding carboxylic acids is 3. The second-order valence-electron chi connectivity index (χ2n) is 17.1. The summed E-state index contributed by atoms with van der Waals surface area (Å²) in [6.45, 7) is 6.55. The summed E-state index contributed by atoms with van der Waals surface area (Å²) in [4.78, 5) is 37.9. The average molecular weight is 841 g/mol. The maximum atomic E-state index is 12.8. The first-order valence-electron chi connectivity index (χ1n) is 25.7. The first-order chi connectivity index (χ1) is 29.5. The first kappa shape index (κ1) is 57.4. The van der Waals surface area contributed by atoms with Crippen molar-refractivity contribution in [3.05, 3.63) is 48.6 Å². The maximum absolute atomic E-state index is 12.8. The highest BCUT2D eigenvalue weighted by atomic mass is 16.6. The molecule has 1 atom stereocenters. The molecule has 0 radical (unpaired) electrons. The lowest BCUT2D eigenvalue weighted by atomic mass is 10.0. The monoisotopic (exact) mass is 841 g/mol. The zero-order chi connectivity index (χ0) is 43.7. The third-order valence-corrected chi connectivity index (χ3v) is 11.1. The zero-order valence-corrected chi connectivity index (χ0v) is 39.7. The Labute approximate surface area is 371 Å². The molecule has 0 saturated heterocycles. The topological polar surface area (TPSA) is 78.9 Å². The van der Waals surface area contributed by atoms with Gasteiger partial charge in [0.25, 0.3) is 0 Å². The van der Waals surface area contributed by atoms with Crippen molar-refractivity contribution in [2.75, 3.05) is 13.2 Å². The molecule has 6 nitrogen and oxygen atoms in total. The summed E-state index contributed by atoms with van der Waals surface area (Å²) < 4.78 is 16.7. The molecular weight excluding hydrogens is 745 g/mol. The second-order valence-corrected chi connectivity index (χ2v) is 17.1. The smallest absolute Gasteiger partial charge is 0.306 e. The number of unbranched alkanes of at least 4 members (excludes halogenated alkanes) is 28. The minimum atomic E-state index is -0.796. The van der Waals surface area contributed by atoms with E-state index < -0.39 is 6.10 Å². The molecule has 0 heterocycles. The van der Waals surface area contributed by atoms with Gasteiger partial charge in [-0.1, -0.05) is 223 Å². The lowest BCUT2D eigenvalue weighted by Crippen LogP contribution is -2.30. The van der Waals surface area contributed by atoms with E-state index in [1.54, 1.807) is 0 Å². The first-order valence-corrected chi connectivity index (χ1v) is 25.7. The van der Waals surface area contributed by atoms with E-state index >= 15 is 0 Å². The molecule has 0 aliphatic heterocycles. The van der Waals surface area contributed by atoms with Gasteiger partial charge in [0.1, 0.15) is 13.2 Å². The quantitative estimate of drug-likeness (QED) is 0.0200. The van der Waals surface area contributed by atoms with Gasteiger partial charge in [-0.2, -0.15) is 0 Å². The molecule has 0 bridgehead atoms. The molecule has 1 unspecified atom stereocenters. The Hall–Kier alpha value is -2.63. The molecule has 348 valence electrons. The van der Waals surface area contributed by atoms with Gasteiger partial charge < -0.3 is 14.2 Å². The Morgan fingerprint density at radius 2 is 0.683 bits per heavy atom. The van der Waals surface area contributed by atoms with Gasteiger partial charge in [0.05, 0.1) is 0 Å². The molecule has 0 aromatic carbocycles. The molecule has 0 aliphatic rings. The molecule has 0 rings (SSSR count). The van der Waals surface area contributed by atoms with Crippen LogP contribution in [-0.2, 0) is 28.6 Å². The van der Waals surface area contributed by atoms with Crippen LogP contribution in [0.3, 0.4) is 0 Å². The number of esters is 3. The number of ether oxygens (including phenoxy) is 3. The summed E-state index contributed by atoms with van der Waals surface area (Å²) in [5, 5.41) is 0. The van der Waals surface area contributed by atoms with Crippen molar-refractivity contribution in [3.63, 3.8) is 0 Å². The van der Waals surface area contributed by atoms with Crippen molar-refractivity contribution in [1.29, 1.82) is 0 Å². The van der Waals surface area contributed by atoms with E-state index in [1.165, 1.54) is 154 Å². The number of carbonyl (C=O) groups is 3. The van der Waals surface area contributed by atoms with Crippen LogP contribution in [0.4, 0.5) is 0 Å². The van der Waals surface area contributed by atoms with Crippen molar-refractivity contribution in [2.24, 2.45) is 0 Å². The van der Waals surface area contributed by atoms with E-state index in [0.29, 0.717) is 19.3 Å². The van der Waals surface area contributed by atoms with E-state index in [1.807, 2.05) is 6.08 Å². The molecular formula is C54H96O6. The van der Waals surface area contributed by atoms with Gasteiger partial charge >= 0.3 is 17.9 Å². The molecule has 0 aromatic heterocycles. The zero-order valence-electron chi connectivity index (χ0n) is 39.7. The van der Waals surface area contributed by atoms with E-state index in [-0.39, 0.29) is 37.5 Å². The minimum Gasteiger partial charge on any atom is -0.462 e. The van der Waals surface area contributed by atoms with Gasteiger partial charge in [-0.05, 0) is 64.2 Å². The van der Waals surface area contributed by atoms with Crippen LogP contribution in [0.25, 0.3) is 0 Å². The summed E-state index contributed by atoms with van der Waals surface area (Å²) in [6.07, 6.45) is 58.1. The molecule has 0 aromatic rings. The molecule has 0 fully saturated rings. The number of hydrogen-bond acceptors (Lipinski definition) is 6. The largest absolute Gasteiger partial charge is 0.462 e. The molecule has 0 amide bonds. The van der Waals surface area contributed by atoms with Crippen molar-refractivity contribution in [3.8, 4) is 0 Å². The molecule has 6 heteroatoms. The fraction of sp³-hybridized carbons (Fsp3) is 0.796. The molecule has 60 heavy (non-hydrogen) atoms. The van der Waals surface area contributed by atoms with Crippen LogP contribution in [-0.4, -0.2) is 37.2 Å². The molecule has 0 spiro atoms. The van der Waals surface area contributed by atoms with Crippen molar-refractivity contribution in [2.45, 2.75) is 264 Å². The molecule has 0 N–H and O–H groups in total. The number of hydrogen-bond donors (Lipinski definition) is 0.